The minimum atomic E-state index is -1.56. The largest absolute Gasteiger partial charge is 0.461 e. The first-order valence-corrected chi connectivity index (χ1v) is 12.3. The number of benzene rings is 2. The monoisotopic (exact) mass is 486 g/mol. The number of halogens is 1. The molecule has 8 heteroatoms. The van der Waals surface area contributed by atoms with Crippen LogP contribution >= 0.6 is 0 Å². The molecule has 0 radical (unpaired) electrons. The molecular formula is C28H27FN4O3. The maximum Gasteiger partial charge on any atom is 0.380 e. The first-order valence-electron chi connectivity index (χ1n) is 12.3. The topological polar surface area (TPSA) is 69.0 Å². The molecule has 1 aliphatic carbocycles. The number of carbonyl (C=O) groups is 1. The lowest BCUT2D eigenvalue weighted by molar-refractivity contribution is -0.189. The Morgan fingerprint density at radius 3 is 2.72 bits per heavy atom. The van der Waals surface area contributed by atoms with E-state index in [-0.39, 0.29) is 12.4 Å². The Hall–Kier alpha value is -3.94. The SMILES string of the molecule is CCOC(=O)C1(c2ccc(F)cc2)ON=C2/C(=C3\CCc4cc(-n5cnc(C)c5)ccc43)CCCN21. The Bertz CT molecular complexity index is 1410. The van der Waals surface area contributed by atoms with Crippen molar-refractivity contribution in [3.05, 3.63) is 88.8 Å². The maximum atomic E-state index is 13.7. The number of rotatable bonds is 4. The van der Waals surface area contributed by atoms with Gasteiger partial charge in [-0.2, -0.15) is 0 Å². The third kappa shape index (κ3) is 3.43. The fraction of sp³-hybridized carbons (Fsp3) is 0.321. The number of amidine groups is 1. The maximum absolute atomic E-state index is 13.7. The molecule has 0 saturated carbocycles. The predicted molar refractivity (Wildman–Crippen MR) is 133 cm³/mol. The molecule has 7 nitrogen and oxygen atoms in total. The summed E-state index contributed by atoms with van der Waals surface area (Å²) in [5, 5.41) is 4.46. The van der Waals surface area contributed by atoms with E-state index in [9.17, 15) is 9.18 Å². The standard InChI is InChI=1S/C28H27FN4O3/c1-3-35-27(34)28(20-7-9-21(29)10-8-20)33-14-4-5-25(26(33)31-36-28)24-12-6-19-15-22(11-13-23(19)24)32-16-18(2)30-17-32/h7-11,13,15-17H,3-6,12,14H2,1-2H3/b25-24+. The number of nitrogens with zero attached hydrogens (tertiary/aromatic N) is 4. The van der Waals surface area contributed by atoms with Crippen molar-refractivity contribution in [1.29, 1.82) is 0 Å². The van der Waals surface area contributed by atoms with Crippen molar-refractivity contribution in [2.75, 3.05) is 13.2 Å². The number of aromatic nitrogens is 2. The molecule has 0 bridgehead atoms. The van der Waals surface area contributed by atoms with Crippen LogP contribution in [0.25, 0.3) is 11.3 Å². The molecule has 2 aliphatic heterocycles. The number of hydrogen-bond acceptors (Lipinski definition) is 6. The van der Waals surface area contributed by atoms with Crippen molar-refractivity contribution in [3.8, 4) is 5.69 Å². The van der Waals surface area contributed by atoms with E-state index in [4.69, 9.17) is 9.57 Å². The molecule has 3 heterocycles. The quantitative estimate of drug-likeness (QED) is 0.492. The van der Waals surface area contributed by atoms with Crippen LogP contribution < -0.4 is 0 Å². The second kappa shape index (κ2) is 8.62. The summed E-state index contributed by atoms with van der Waals surface area (Å²) >= 11 is 0. The summed E-state index contributed by atoms with van der Waals surface area (Å²) in [5.41, 5.74) is 5.84. The van der Waals surface area contributed by atoms with Crippen molar-refractivity contribution in [2.45, 2.75) is 45.3 Å². The molecule has 2 aromatic carbocycles. The number of esters is 1. The van der Waals surface area contributed by atoms with Gasteiger partial charge in [0.15, 0.2) is 5.84 Å². The zero-order valence-corrected chi connectivity index (χ0v) is 20.3. The molecule has 1 atom stereocenters. The Balaban J connectivity index is 1.40. The van der Waals surface area contributed by atoms with Crippen molar-refractivity contribution >= 4 is 17.4 Å². The lowest BCUT2D eigenvalue weighted by Gasteiger charge is -2.38. The highest BCUT2D eigenvalue weighted by atomic mass is 19.1. The van der Waals surface area contributed by atoms with Crippen LogP contribution in [0.2, 0.25) is 0 Å². The van der Waals surface area contributed by atoms with Gasteiger partial charge in [-0.05, 0) is 92.6 Å². The molecule has 1 unspecified atom stereocenters. The van der Waals surface area contributed by atoms with E-state index in [0.717, 1.165) is 42.6 Å². The lowest BCUT2D eigenvalue weighted by Crippen LogP contribution is -2.54. The minimum Gasteiger partial charge on any atom is -0.461 e. The fourth-order valence-electron chi connectivity index (χ4n) is 5.54. The van der Waals surface area contributed by atoms with E-state index in [1.807, 2.05) is 28.9 Å². The van der Waals surface area contributed by atoms with E-state index in [1.165, 1.54) is 28.8 Å². The molecule has 1 fully saturated rings. The van der Waals surface area contributed by atoms with E-state index in [2.05, 4.69) is 28.3 Å². The smallest absolute Gasteiger partial charge is 0.380 e. The predicted octanol–water partition coefficient (Wildman–Crippen LogP) is 4.88. The molecule has 184 valence electrons. The van der Waals surface area contributed by atoms with Crippen molar-refractivity contribution in [1.82, 2.24) is 14.5 Å². The van der Waals surface area contributed by atoms with Crippen LogP contribution in [-0.4, -0.2) is 39.4 Å². The highest BCUT2D eigenvalue weighted by molar-refractivity contribution is 6.08. The van der Waals surface area contributed by atoms with Gasteiger partial charge >= 0.3 is 11.7 Å². The normalized spacial score (nSPS) is 22.6. The molecule has 3 aliphatic rings. The van der Waals surface area contributed by atoms with Gasteiger partial charge in [0.05, 0.1) is 18.6 Å². The number of aryl methyl sites for hydroxylation is 2. The van der Waals surface area contributed by atoms with Crippen molar-refractivity contribution < 1.29 is 18.8 Å². The van der Waals surface area contributed by atoms with Gasteiger partial charge in [-0.1, -0.05) is 11.2 Å². The highest BCUT2D eigenvalue weighted by Crippen LogP contribution is 2.45. The van der Waals surface area contributed by atoms with Gasteiger partial charge in [0.1, 0.15) is 5.82 Å². The van der Waals surface area contributed by atoms with Crippen LogP contribution in [0.5, 0.6) is 0 Å². The van der Waals surface area contributed by atoms with Crippen LogP contribution in [0, 0.1) is 12.7 Å². The Morgan fingerprint density at radius 2 is 1.97 bits per heavy atom. The molecule has 1 saturated heterocycles. The van der Waals surface area contributed by atoms with Gasteiger partial charge in [-0.25, -0.2) is 14.2 Å². The molecule has 1 aromatic heterocycles. The van der Waals surface area contributed by atoms with Gasteiger partial charge < -0.3 is 19.0 Å². The molecule has 6 rings (SSSR count). The number of imidazole rings is 1. The van der Waals surface area contributed by atoms with E-state index >= 15 is 0 Å². The second-order valence-corrected chi connectivity index (χ2v) is 9.35. The third-order valence-corrected chi connectivity index (χ3v) is 7.20. The average molecular weight is 487 g/mol. The number of allylic oxidation sites excluding steroid dienone is 1. The molecular weight excluding hydrogens is 459 g/mol. The van der Waals surface area contributed by atoms with Crippen molar-refractivity contribution in [2.24, 2.45) is 5.16 Å². The number of carbonyl (C=O) groups excluding carboxylic acids is 1. The van der Waals surface area contributed by atoms with Crippen LogP contribution in [-0.2, 0) is 26.5 Å². The number of ether oxygens (including phenoxy) is 1. The lowest BCUT2D eigenvalue weighted by atomic mass is 9.91. The molecule has 0 N–H and O–H groups in total. The summed E-state index contributed by atoms with van der Waals surface area (Å²) in [6.45, 7) is 4.52. The van der Waals surface area contributed by atoms with Gasteiger partial charge in [-0.15, -0.1) is 0 Å². The van der Waals surface area contributed by atoms with Gasteiger partial charge in [-0.3, -0.25) is 0 Å². The Labute approximate surface area is 208 Å². The van der Waals surface area contributed by atoms with Crippen LogP contribution in [0.4, 0.5) is 4.39 Å². The number of fused-ring (bicyclic) bond motifs is 2. The van der Waals surface area contributed by atoms with Gasteiger partial charge in [0.2, 0.25) is 0 Å². The van der Waals surface area contributed by atoms with E-state index in [0.29, 0.717) is 17.9 Å². The van der Waals surface area contributed by atoms with Crippen LogP contribution in [0.1, 0.15) is 48.6 Å². The average Bonchev–Trinajstić information content (AvgIpc) is 3.61. The summed E-state index contributed by atoms with van der Waals surface area (Å²) in [5.74, 6) is -0.268. The summed E-state index contributed by atoms with van der Waals surface area (Å²) in [6, 6.07) is 12.3. The third-order valence-electron chi connectivity index (χ3n) is 7.20. The Kier molecular flexibility index (Phi) is 5.39. The van der Waals surface area contributed by atoms with Gasteiger partial charge in [0.25, 0.3) is 0 Å². The number of hydrogen-bond donors (Lipinski definition) is 0. The molecule has 0 amide bonds. The molecule has 36 heavy (non-hydrogen) atoms. The summed E-state index contributed by atoms with van der Waals surface area (Å²) in [4.78, 5) is 25.5. The van der Waals surface area contributed by atoms with E-state index in [1.54, 1.807) is 19.1 Å². The van der Waals surface area contributed by atoms with Crippen molar-refractivity contribution in [3.63, 3.8) is 0 Å². The number of piperidine rings is 1. The highest BCUT2D eigenvalue weighted by Gasteiger charge is 2.57. The van der Waals surface area contributed by atoms with E-state index < -0.39 is 11.7 Å². The first-order chi connectivity index (χ1) is 17.5. The summed E-state index contributed by atoms with van der Waals surface area (Å²) in [6.07, 6.45) is 7.37. The molecule has 0 spiro atoms. The zero-order valence-electron chi connectivity index (χ0n) is 20.3. The Morgan fingerprint density at radius 1 is 1.14 bits per heavy atom. The van der Waals surface area contributed by atoms with Crippen LogP contribution in [0.3, 0.4) is 0 Å². The summed E-state index contributed by atoms with van der Waals surface area (Å²) in [7, 11) is 0. The van der Waals surface area contributed by atoms with Crippen LogP contribution in [0.15, 0.2) is 65.7 Å². The number of oxime groups is 1. The fourth-order valence-corrected chi connectivity index (χ4v) is 5.54. The summed E-state index contributed by atoms with van der Waals surface area (Å²) < 4.78 is 21.2. The van der Waals surface area contributed by atoms with Gasteiger partial charge in [0, 0.05) is 29.6 Å². The second-order valence-electron chi connectivity index (χ2n) is 9.35. The minimum absolute atomic E-state index is 0.203. The molecule has 3 aromatic rings. The zero-order chi connectivity index (χ0) is 24.9. The first kappa shape index (κ1) is 22.5.